The molecule has 0 unspecified atom stereocenters. The van der Waals surface area contributed by atoms with E-state index in [9.17, 15) is 9.59 Å². The molecule has 3 rings (SSSR count). The number of nitrogens with one attached hydrogen (secondary N) is 2. The van der Waals surface area contributed by atoms with Crippen molar-refractivity contribution >= 4 is 82.0 Å². The zero-order valence-electron chi connectivity index (χ0n) is 16.3. The lowest BCUT2D eigenvalue weighted by Gasteiger charge is -2.05. The number of amides is 2. The fraction of sp³-hybridized carbons (Fsp3) is 0. The van der Waals surface area contributed by atoms with Gasteiger partial charge in [0.1, 0.15) is 11.6 Å². The van der Waals surface area contributed by atoms with Gasteiger partial charge in [-0.1, -0.05) is 64.6 Å². The average molecular weight is 507 g/mol. The Morgan fingerprint density at radius 2 is 1.12 bits per heavy atom. The van der Waals surface area contributed by atoms with Crippen LogP contribution in [0, 0.1) is 0 Å². The molecule has 0 saturated carbocycles. The van der Waals surface area contributed by atoms with Gasteiger partial charge in [-0.05, 0) is 59.7 Å². The number of carbonyl (C=O) groups excluding carboxylic acids is 2. The van der Waals surface area contributed by atoms with Crippen molar-refractivity contribution in [3.05, 3.63) is 98.0 Å². The zero-order valence-corrected chi connectivity index (χ0v) is 19.3. The van der Waals surface area contributed by atoms with Crippen LogP contribution >= 0.6 is 46.4 Å². The number of hydrogen-bond donors (Lipinski definition) is 2. The monoisotopic (exact) mass is 505 g/mol. The highest BCUT2D eigenvalue weighted by molar-refractivity contribution is 6.36. The number of nitrogens with zero attached hydrogens (tertiary/aromatic N) is 1. The Bertz CT molecular complexity index is 1130. The van der Waals surface area contributed by atoms with Crippen LogP contribution in [0.4, 0.5) is 11.6 Å². The summed E-state index contributed by atoms with van der Waals surface area (Å²) >= 11 is 23.9. The maximum absolute atomic E-state index is 12.2. The van der Waals surface area contributed by atoms with Crippen molar-refractivity contribution in [2.24, 2.45) is 0 Å². The minimum absolute atomic E-state index is 0.268. The summed E-state index contributed by atoms with van der Waals surface area (Å²) in [5, 5.41) is 7.11. The number of pyridine rings is 1. The fourth-order valence-corrected chi connectivity index (χ4v) is 3.46. The number of rotatable bonds is 6. The number of carbonyl (C=O) groups is 2. The molecule has 1 aromatic heterocycles. The van der Waals surface area contributed by atoms with Crippen LogP contribution in [0.2, 0.25) is 20.1 Å². The number of benzene rings is 2. The molecule has 0 saturated heterocycles. The molecule has 32 heavy (non-hydrogen) atoms. The minimum atomic E-state index is -0.413. The van der Waals surface area contributed by atoms with E-state index >= 15 is 0 Å². The Hall–Kier alpha value is -2.83. The maximum Gasteiger partial charge on any atom is 0.249 e. The van der Waals surface area contributed by atoms with E-state index in [1.54, 1.807) is 66.7 Å². The van der Waals surface area contributed by atoms with Crippen molar-refractivity contribution in [2.75, 3.05) is 10.6 Å². The summed E-state index contributed by atoms with van der Waals surface area (Å²) < 4.78 is 0. The summed E-state index contributed by atoms with van der Waals surface area (Å²) in [5.74, 6) is -0.290. The summed E-state index contributed by atoms with van der Waals surface area (Å²) in [6.45, 7) is 0. The lowest BCUT2D eigenvalue weighted by atomic mass is 10.2. The molecule has 2 amide bonds. The summed E-state index contributed by atoms with van der Waals surface area (Å²) in [6.07, 6.45) is 5.76. The molecule has 2 aromatic carbocycles. The first kappa shape index (κ1) is 23.8. The van der Waals surface area contributed by atoms with Gasteiger partial charge in [-0.15, -0.1) is 0 Å². The van der Waals surface area contributed by atoms with Crippen LogP contribution in [0.15, 0.2) is 66.7 Å². The Kier molecular flexibility index (Phi) is 8.31. The van der Waals surface area contributed by atoms with Gasteiger partial charge in [0.25, 0.3) is 0 Å². The summed E-state index contributed by atoms with van der Waals surface area (Å²) in [7, 11) is 0. The minimum Gasteiger partial charge on any atom is -0.307 e. The lowest BCUT2D eigenvalue weighted by molar-refractivity contribution is -0.112. The van der Waals surface area contributed by atoms with E-state index in [2.05, 4.69) is 15.6 Å². The van der Waals surface area contributed by atoms with Crippen LogP contribution in [-0.4, -0.2) is 16.8 Å². The normalized spacial score (nSPS) is 11.1. The van der Waals surface area contributed by atoms with Crippen molar-refractivity contribution in [3.63, 3.8) is 0 Å². The molecule has 5 nitrogen and oxygen atoms in total. The first-order valence-electron chi connectivity index (χ1n) is 9.15. The highest BCUT2D eigenvalue weighted by Crippen LogP contribution is 2.23. The number of anilines is 2. The fourth-order valence-electron chi connectivity index (χ4n) is 2.51. The van der Waals surface area contributed by atoms with Gasteiger partial charge < -0.3 is 10.6 Å². The SMILES string of the molecule is O=C(C=Cc1ccc(Cl)cc1Cl)Nc1cccc(NC(=O)C=Cc2ccc(Cl)cc2Cl)n1. The molecule has 0 aliphatic rings. The van der Waals surface area contributed by atoms with E-state index in [0.29, 0.717) is 31.2 Å². The van der Waals surface area contributed by atoms with E-state index < -0.39 is 11.8 Å². The topological polar surface area (TPSA) is 71.1 Å². The second kappa shape index (κ2) is 11.2. The Balaban J connectivity index is 1.60. The van der Waals surface area contributed by atoms with Crippen LogP contribution in [-0.2, 0) is 9.59 Å². The van der Waals surface area contributed by atoms with Gasteiger partial charge in [0.05, 0.1) is 0 Å². The first-order chi connectivity index (χ1) is 15.3. The largest absolute Gasteiger partial charge is 0.307 e. The molecule has 3 aromatic rings. The molecule has 0 bridgehead atoms. The highest BCUT2D eigenvalue weighted by atomic mass is 35.5. The van der Waals surface area contributed by atoms with E-state index in [1.807, 2.05) is 0 Å². The van der Waals surface area contributed by atoms with Crippen LogP contribution in [0.25, 0.3) is 12.2 Å². The van der Waals surface area contributed by atoms with Gasteiger partial charge in [0.2, 0.25) is 11.8 Å². The zero-order chi connectivity index (χ0) is 23.1. The molecule has 0 spiro atoms. The van der Waals surface area contributed by atoms with Crippen molar-refractivity contribution in [3.8, 4) is 0 Å². The number of aromatic nitrogens is 1. The molecule has 0 atom stereocenters. The molecule has 0 radical (unpaired) electrons. The average Bonchev–Trinajstić information content (AvgIpc) is 2.73. The predicted molar refractivity (Wildman–Crippen MR) is 132 cm³/mol. The molecule has 1 heterocycles. The molecule has 2 N–H and O–H groups in total. The van der Waals surface area contributed by atoms with Crippen LogP contribution in [0.5, 0.6) is 0 Å². The van der Waals surface area contributed by atoms with Gasteiger partial charge in [-0.3, -0.25) is 9.59 Å². The predicted octanol–water partition coefficient (Wildman–Crippen LogP) is 7.00. The molecule has 0 fully saturated rings. The highest BCUT2D eigenvalue weighted by Gasteiger charge is 2.05. The van der Waals surface area contributed by atoms with Gasteiger partial charge in [-0.2, -0.15) is 0 Å². The van der Waals surface area contributed by atoms with Gasteiger partial charge >= 0.3 is 0 Å². The van der Waals surface area contributed by atoms with Gasteiger partial charge in [-0.25, -0.2) is 4.98 Å². The summed E-state index contributed by atoms with van der Waals surface area (Å²) in [6, 6.07) is 14.8. The van der Waals surface area contributed by atoms with Crippen molar-refractivity contribution in [1.82, 2.24) is 4.98 Å². The molecular formula is C23H15Cl4N3O2. The van der Waals surface area contributed by atoms with E-state index in [0.717, 1.165) is 0 Å². The summed E-state index contributed by atoms with van der Waals surface area (Å²) in [5.41, 5.74) is 1.29. The number of halogens is 4. The van der Waals surface area contributed by atoms with Crippen molar-refractivity contribution in [1.29, 1.82) is 0 Å². The van der Waals surface area contributed by atoms with Gasteiger partial charge in [0, 0.05) is 32.2 Å². The van der Waals surface area contributed by atoms with E-state index in [1.165, 1.54) is 12.2 Å². The van der Waals surface area contributed by atoms with E-state index in [4.69, 9.17) is 46.4 Å². The molecular weight excluding hydrogens is 492 g/mol. The standard InChI is InChI=1S/C23H15Cl4N3O2/c24-16-8-4-14(18(26)12-16)6-10-22(31)29-20-2-1-3-21(28-20)30-23(32)11-7-15-5-9-17(25)13-19(15)27/h1-13H,(H2,28,29,30,31,32). The lowest BCUT2D eigenvalue weighted by Crippen LogP contribution is -2.12. The Morgan fingerprint density at radius 3 is 1.53 bits per heavy atom. The van der Waals surface area contributed by atoms with Crippen molar-refractivity contribution in [2.45, 2.75) is 0 Å². The third kappa shape index (κ3) is 7.11. The first-order valence-corrected chi connectivity index (χ1v) is 10.7. The van der Waals surface area contributed by atoms with Gasteiger partial charge in [0.15, 0.2) is 0 Å². The van der Waals surface area contributed by atoms with Crippen LogP contribution in [0.3, 0.4) is 0 Å². The molecule has 0 aliphatic carbocycles. The maximum atomic E-state index is 12.2. The van der Waals surface area contributed by atoms with Crippen molar-refractivity contribution < 1.29 is 9.59 Å². The molecule has 9 heteroatoms. The van der Waals surface area contributed by atoms with E-state index in [-0.39, 0.29) is 11.6 Å². The quantitative estimate of drug-likeness (QED) is 0.353. The second-order valence-corrected chi connectivity index (χ2v) is 8.07. The Labute approximate surface area is 204 Å². The van der Waals surface area contributed by atoms with Crippen LogP contribution in [0.1, 0.15) is 11.1 Å². The second-order valence-electron chi connectivity index (χ2n) is 6.38. The Morgan fingerprint density at radius 1 is 0.688 bits per heavy atom. The number of hydrogen-bond acceptors (Lipinski definition) is 3. The molecule has 0 aliphatic heterocycles. The molecule has 162 valence electrons. The smallest absolute Gasteiger partial charge is 0.249 e. The third-order valence-electron chi connectivity index (χ3n) is 4.01. The summed E-state index contributed by atoms with van der Waals surface area (Å²) in [4.78, 5) is 28.6. The van der Waals surface area contributed by atoms with Crippen LogP contribution < -0.4 is 10.6 Å². The third-order valence-corrected chi connectivity index (χ3v) is 5.13.